The van der Waals surface area contributed by atoms with Crippen LogP contribution in [0.5, 0.6) is 0 Å². The first-order valence-electron chi connectivity index (χ1n) is 9.63. The number of hydrogen-bond acceptors (Lipinski definition) is 4. The second-order valence-corrected chi connectivity index (χ2v) is 7.67. The summed E-state index contributed by atoms with van der Waals surface area (Å²) in [6, 6.07) is 11.5. The molecular formula is C22H22N2O5. The van der Waals surface area contributed by atoms with Gasteiger partial charge in [-0.05, 0) is 37.5 Å². The molecule has 1 aromatic carbocycles. The Kier molecular flexibility index (Phi) is 4.53. The van der Waals surface area contributed by atoms with Crippen LogP contribution in [-0.4, -0.2) is 39.0 Å². The minimum absolute atomic E-state index is 0.353. The van der Waals surface area contributed by atoms with E-state index in [2.05, 4.69) is 5.32 Å². The molecule has 2 aromatic rings. The fourth-order valence-electron chi connectivity index (χ4n) is 4.47. The number of rotatable bonds is 4. The van der Waals surface area contributed by atoms with Gasteiger partial charge in [-0.2, -0.15) is 0 Å². The maximum absolute atomic E-state index is 13.5. The van der Waals surface area contributed by atoms with Gasteiger partial charge in [-0.25, -0.2) is 0 Å². The molecule has 7 heteroatoms. The molecule has 2 aliphatic rings. The third-order valence-corrected chi connectivity index (χ3v) is 5.84. The molecule has 0 atom stereocenters. The summed E-state index contributed by atoms with van der Waals surface area (Å²) in [4.78, 5) is 36.9. The van der Waals surface area contributed by atoms with Gasteiger partial charge in [0, 0.05) is 5.69 Å². The van der Waals surface area contributed by atoms with Gasteiger partial charge >= 0.3 is 5.97 Å². The number of carboxylic acids is 1. The van der Waals surface area contributed by atoms with Crippen LogP contribution in [0, 0.1) is 6.92 Å². The van der Waals surface area contributed by atoms with E-state index in [0.717, 1.165) is 29.7 Å². The lowest BCUT2D eigenvalue weighted by Gasteiger charge is -2.37. The number of carbonyl (C=O) groups excluding carboxylic acids is 2. The molecule has 3 N–H and O–H groups in total. The number of fused-ring (bicyclic) bond motifs is 2. The van der Waals surface area contributed by atoms with E-state index in [1.807, 2.05) is 41.8 Å². The van der Waals surface area contributed by atoms with Crippen LogP contribution < -0.4 is 5.32 Å². The van der Waals surface area contributed by atoms with Gasteiger partial charge in [-0.1, -0.05) is 42.7 Å². The van der Waals surface area contributed by atoms with Crippen LogP contribution in [0.25, 0.3) is 17.0 Å². The molecule has 1 aliphatic heterocycles. The number of aliphatic hydroxyl groups is 1. The van der Waals surface area contributed by atoms with Crippen molar-refractivity contribution in [2.24, 2.45) is 0 Å². The van der Waals surface area contributed by atoms with Crippen LogP contribution in [0.3, 0.4) is 0 Å². The van der Waals surface area contributed by atoms with Crippen molar-refractivity contribution in [1.82, 2.24) is 9.88 Å². The van der Waals surface area contributed by atoms with E-state index in [0.29, 0.717) is 18.5 Å². The summed E-state index contributed by atoms with van der Waals surface area (Å²) in [5.74, 6) is -2.94. The first-order valence-corrected chi connectivity index (χ1v) is 9.63. The number of benzene rings is 1. The van der Waals surface area contributed by atoms with Crippen molar-refractivity contribution < 1.29 is 24.6 Å². The predicted octanol–water partition coefficient (Wildman–Crippen LogP) is 2.79. The fraction of sp³-hybridized carbons (Fsp3) is 0.318. The van der Waals surface area contributed by atoms with Crippen molar-refractivity contribution in [3.05, 3.63) is 53.2 Å². The average Bonchev–Trinajstić information content (AvgIpc) is 3.34. The van der Waals surface area contributed by atoms with Gasteiger partial charge in [-0.3, -0.25) is 14.4 Å². The quantitative estimate of drug-likeness (QED) is 0.691. The van der Waals surface area contributed by atoms with Gasteiger partial charge in [0.15, 0.2) is 11.5 Å². The summed E-state index contributed by atoms with van der Waals surface area (Å²) in [6.07, 6.45) is 2.80. The summed E-state index contributed by atoms with van der Waals surface area (Å²) in [7, 11) is 0. The first-order chi connectivity index (χ1) is 13.8. The third-order valence-electron chi connectivity index (χ3n) is 5.84. The van der Waals surface area contributed by atoms with Crippen molar-refractivity contribution in [2.45, 2.75) is 38.1 Å². The van der Waals surface area contributed by atoms with Crippen LogP contribution in [0.1, 0.15) is 36.9 Å². The number of ketones is 1. The zero-order chi connectivity index (χ0) is 20.8. The first kappa shape index (κ1) is 19.0. The molecule has 1 aromatic heterocycles. The van der Waals surface area contributed by atoms with E-state index >= 15 is 0 Å². The molecule has 1 saturated carbocycles. The summed E-state index contributed by atoms with van der Waals surface area (Å²) in [5.41, 5.74) is 1.96. The number of hydrogen-bond donors (Lipinski definition) is 3. The molecule has 29 heavy (non-hydrogen) atoms. The van der Waals surface area contributed by atoms with Crippen molar-refractivity contribution in [1.29, 1.82) is 0 Å². The molecule has 150 valence electrons. The Labute approximate surface area is 167 Å². The smallest absolute Gasteiger partial charge is 0.322 e. The van der Waals surface area contributed by atoms with Gasteiger partial charge in [0.25, 0.3) is 5.91 Å². The number of Topliss-reactive ketones (excluding diaryl/α,β-unsaturated/α-hetero) is 1. The number of carboxylic acid groups (broad SMARTS) is 1. The Morgan fingerprint density at radius 1 is 1.07 bits per heavy atom. The topological polar surface area (TPSA) is 109 Å². The number of aliphatic hydroxyl groups excluding tert-OH is 1. The second-order valence-electron chi connectivity index (χ2n) is 7.67. The molecule has 0 radical (unpaired) electrons. The summed E-state index contributed by atoms with van der Waals surface area (Å²) >= 11 is 0. The largest absolute Gasteiger partial charge is 0.505 e. The summed E-state index contributed by atoms with van der Waals surface area (Å²) < 4.78 is 1.87. The minimum atomic E-state index is -1.22. The normalized spacial score (nSPS) is 17.5. The van der Waals surface area contributed by atoms with Crippen LogP contribution in [0.15, 0.2) is 42.0 Å². The Balaban J connectivity index is 1.88. The standard InChI is InChI=1S/C22H22N2O5/c1-13-4-6-14(7-5-13)15-8-9-16-19(27)18(21(29)23-12-17(25)26)20(28)22(24(15)16)10-2-3-11-22/h4-9,27H,2-3,10-12H2,1H3,(H,23,29)(H,25,26). The fourth-order valence-corrected chi connectivity index (χ4v) is 4.47. The van der Waals surface area contributed by atoms with Crippen molar-refractivity contribution >= 4 is 23.4 Å². The summed E-state index contributed by atoms with van der Waals surface area (Å²) in [6.45, 7) is 1.38. The van der Waals surface area contributed by atoms with E-state index in [4.69, 9.17) is 5.11 Å². The van der Waals surface area contributed by atoms with Crippen LogP contribution >= 0.6 is 0 Å². The Bertz CT molecular complexity index is 1040. The number of aromatic nitrogens is 1. The van der Waals surface area contributed by atoms with Gasteiger partial charge < -0.3 is 20.1 Å². The highest BCUT2D eigenvalue weighted by molar-refractivity contribution is 6.27. The molecule has 7 nitrogen and oxygen atoms in total. The molecule has 1 amide bonds. The number of aliphatic carboxylic acids is 1. The zero-order valence-electron chi connectivity index (χ0n) is 16.1. The van der Waals surface area contributed by atoms with Crippen molar-refractivity contribution in [3.8, 4) is 11.3 Å². The maximum Gasteiger partial charge on any atom is 0.322 e. The lowest BCUT2D eigenvalue weighted by molar-refractivity contribution is -0.138. The van der Waals surface area contributed by atoms with Crippen LogP contribution in [-0.2, 0) is 19.9 Å². The predicted molar refractivity (Wildman–Crippen MR) is 106 cm³/mol. The Hall–Kier alpha value is -3.35. The highest BCUT2D eigenvalue weighted by Gasteiger charge is 2.51. The monoisotopic (exact) mass is 394 g/mol. The molecule has 1 spiro atoms. The van der Waals surface area contributed by atoms with Crippen LogP contribution in [0.4, 0.5) is 0 Å². The highest BCUT2D eigenvalue weighted by atomic mass is 16.4. The van der Waals surface area contributed by atoms with E-state index in [1.54, 1.807) is 6.07 Å². The zero-order valence-corrected chi connectivity index (χ0v) is 16.1. The molecule has 0 unspecified atom stereocenters. The number of carbonyl (C=O) groups is 3. The van der Waals surface area contributed by atoms with Gasteiger partial charge in [0.2, 0.25) is 0 Å². The summed E-state index contributed by atoms with van der Waals surface area (Å²) in [5, 5.41) is 21.8. The average molecular weight is 394 g/mol. The minimum Gasteiger partial charge on any atom is -0.505 e. The van der Waals surface area contributed by atoms with Crippen molar-refractivity contribution in [3.63, 3.8) is 0 Å². The van der Waals surface area contributed by atoms with Crippen molar-refractivity contribution in [2.75, 3.05) is 6.54 Å². The van der Waals surface area contributed by atoms with Gasteiger partial charge in [0.1, 0.15) is 17.7 Å². The second kappa shape index (κ2) is 6.92. The van der Waals surface area contributed by atoms with Gasteiger partial charge in [-0.15, -0.1) is 0 Å². The third kappa shape index (κ3) is 2.93. The molecular weight excluding hydrogens is 372 g/mol. The SMILES string of the molecule is Cc1ccc(-c2ccc3n2C2(CCCC2)C(=O)C(C(=O)NCC(=O)O)=C3O)cc1. The molecule has 0 bridgehead atoms. The van der Waals surface area contributed by atoms with E-state index < -0.39 is 35.5 Å². The highest BCUT2D eigenvalue weighted by Crippen LogP contribution is 2.47. The van der Waals surface area contributed by atoms with Gasteiger partial charge in [0.05, 0.1) is 5.69 Å². The Morgan fingerprint density at radius 2 is 1.69 bits per heavy atom. The number of aryl methyl sites for hydroxylation is 1. The van der Waals surface area contributed by atoms with Crippen LogP contribution in [0.2, 0.25) is 0 Å². The molecule has 4 rings (SSSR count). The lowest BCUT2D eigenvalue weighted by atomic mass is 9.82. The molecule has 0 saturated heterocycles. The molecule has 1 fully saturated rings. The Morgan fingerprint density at radius 3 is 2.31 bits per heavy atom. The number of nitrogens with zero attached hydrogens (tertiary/aromatic N) is 1. The van der Waals surface area contributed by atoms with E-state index in [1.165, 1.54) is 0 Å². The number of nitrogens with one attached hydrogen (secondary N) is 1. The molecule has 2 heterocycles. The molecule has 1 aliphatic carbocycles. The number of amides is 1. The van der Waals surface area contributed by atoms with E-state index in [9.17, 15) is 19.5 Å². The lowest BCUT2D eigenvalue weighted by Crippen LogP contribution is -2.48. The maximum atomic E-state index is 13.5. The van der Waals surface area contributed by atoms with E-state index in [-0.39, 0.29) is 5.57 Å².